The second-order valence-corrected chi connectivity index (χ2v) is 3.10. The van der Waals surface area contributed by atoms with Crippen LogP contribution >= 0.6 is 0 Å². The highest BCUT2D eigenvalue weighted by Crippen LogP contribution is 2.28. The highest BCUT2D eigenvalue weighted by Gasteiger charge is 2.17. The minimum absolute atomic E-state index is 0.231. The Labute approximate surface area is 82.3 Å². The van der Waals surface area contributed by atoms with Crippen LogP contribution in [-0.2, 0) is 0 Å². The number of nitrogens with two attached hydrogens (primary N) is 1. The van der Waals surface area contributed by atoms with Gasteiger partial charge in [0.25, 0.3) is 0 Å². The fraction of sp³-hybridized carbons (Fsp3) is 0.400. The molecule has 1 rings (SSSR count). The first kappa shape index (κ1) is 10.9. The van der Waals surface area contributed by atoms with Crippen molar-refractivity contribution >= 4 is 0 Å². The second-order valence-electron chi connectivity index (χ2n) is 3.10. The van der Waals surface area contributed by atoms with Crippen LogP contribution in [0.3, 0.4) is 0 Å². The van der Waals surface area contributed by atoms with Gasteiger partial charge < -0.3 is 15.6 Å². The molecule has 78 valence electrons. The fourth-order valence-electron chi connectivity index (χ4n) is 1.30. The zero-order chi connectivity index (χ0) is 10.7. The van der Waals surface area contributed by atoms with E-state index in [0.717, 1.165) is 0 Å². The summed E-state index contributed by atoms with van der Waals surface area (Å²) >= 11 is 0. The summed E-state index contributed by atoms with van der Waals surface area (Å²) in [7, 11) is 1.44. The second kappa shape index (κ2) is 4.39. The SMILES string of the molecule is COc1ccc(C)c(F)c1C(N)CO. The summed E-state index contributed by atoms with van der Waals surface area (Å²) in [5.41, 5.74) is 6.29. The van der Waals surface area contributed by atoms with Crippen LogP contribution < -0.4 is 10.5 Å². The molecule has 1 atom stereocenters. The van der Waals surface area contributed by atoms with Crippen molar-refractivity contribution in [2.75, 3.05) is 13.7 Å². The van der Waals surface area contributed by atoms with Gasteiger partial charge in [0.1, 0.15) is 11.6 Å². The minimum atomic E-state index is -0.746. The van der Waals surface area contributed by atoms with E-state index in [1.807, 2.05) is 0 Å². The molecule has 0 bridgehead atoms. The van der Waals surface area contributed by atoms with E-state index in [9.17, 15) is 4.39 Å². The van der Waals surface area contributed by atoms with Crippen molar-refractivity contribution in [2.24, 2.45) is 5.73 Å². The molecule has 1 unspecified atom stereocenters. The molecule has 0 amide bonds. The van der Waals surface area contributed by atoms with Crippen molar-refractivity contribution in [3.8, 4) is 5.75 Å². The van der Waals surface area contributed by atoms with Gasteiger partial charge in [0.2, 0.25) is 0 Å². The lowest BCUT2D eigenvalue weighted by Gasteiger charge is -2.15. The van der Waals surface area contributed by atoms with Gasteiger partial charge in [-0.15, -0.1) is 0 Å². The molecule has 0 aliphatic carbocycles. The predicted molar refractivity (Wildman–Crippen MR) is 51.7 cm³/mol. The first-order chi connectivity index (χ1) is 6.61. The normalized spacial score (nSPS) is 12.6. The van der Waals surface area contributed by atoms with Crippen LogP contribution in [0, 0.1) is 12.7 Å². The van der Waals surface area contributed by atoms with Crippen LogP contribution in [-0.4, -0.2) is 18.8 Å². The van der Waals surface area contributed by atoms with Crippen LogP contribution in [0.5, 0.6) is 5.75 Å². The third-order valence-electron chi connectivity index (χ3n) is 2.12. The van der Waals surface area contributed by atoms with Crippen LogP contribution in [0.2, 0.25) is 0 Å². The van der Waals surface area contributed by atoms with Gasteiger partial charge in [-0.05, 0) is 18.6 Å². The molecule has 3 nitrogen and oxygen atoms in total. The van der Waals surface area contributed by atoms with Gasteiger partial charge in [0, 0.05) is 5.56 Å². The molecule has 1 aromatic rings. The van der Waals surface area contributed by atoms with Crippen LogP contribution in [0.4, 0.5) is 4.39 Å². The quantitative estimate of drug-likeness (QED) is 0.767. The summed E-state index contributed by atoms with van der Waals surface area (Å²) in [6, 6.07) is 2.51. The number of benzene rings is 1. The van der Waals surface area contributed by atoms with Crippen molar-refractivity contribution in [1.82, 2.24) is 0 Å². The van der Waals surface area contributed by atoms with Crippen molar-refractivity contribution in [3.05, 3.63) is 29.1 Å². The van der Waals surface area contributed by atoms with Gasteiger partial charge >= 0.3 is 0 Å². The molecule has 0 aliphatic rings. The number of hydrogen-bond acceptors (Lipinski definition) is 3. The van der Waals surface area contributed by atoms with Crippen molar-refractivity contribution in [2.45, 2.75) is 13.0 Å². The summed E-state index contributed by atoms with van der Waals surface area (Å²) in [5, 5.41) is 8.88. The molecule has 0 aromatic heterocycles. The molecule has 0 heterocycles. The van der Waals surface area contributed by atoms with Gasteiger partial charge in [-0.25, -0.2) is 4.39 Å². The van der Waals surface area contributed by atoms with E-state index in [-0.39, 0.29) is 12.2 Å². The predicted octanol–water partition coefficient (Wildman–Crippen LogP) is 1.13. The Morgan fingerprint density at radius 2 is 2.21 bits per heavy atom. The maximum atomic E-state index is 13.6. The highest BCUT2D eigenvalue weighted by atomic mass is 19.1. The summed E-state index contributed by atoms with van der Waals surface area (Å²) < 4.78 is 18.6. The van der Waals surface area contributed by atoms with Gasteiger partial charge in [0.05, 0.1) is 19.8 Å². The number of aliphatic hydroxyl groups is 1. The lowest BCUT2D eigenvalue weighted by molar-refractivity contribution is 0.261. The molecule has 0 spiro atoms. The molecule has 3 N–H and O–H groups in total. The van der Waals surface area contributed by atoms with Gasteiger partial charge in [0.15, 0.2) is 0 Å². The van der Waals surface area contributed by atoms with Crippen LogP contribution in [0.15, 0.2) is 12.1 Å². The number of methoxy groups -OCH3 is 1. The number of hydrogen-bond donors (Lipinski definition) is 2. The van der Waals surface area contributed by atoms with Crippen LogP contribution in [0.25, 0.3) is 0 Å². The number of ether oxygens (including phenoxy) is 1. The molecule has 1 aromatic carbocycles. The summed E-state index contributed by atoms with van der Waals surface area (Å²) in [4.78, 5) is 0. The zero-order valence-corrected chi connectivity index (χ0v) is 8.25. The maximum absolute atomic E-state index is 13.6. The minimum Gasteiger partial charge on any atom is -0.496 e. The van der Waals surface area contributed by atoms with Crippen molar-refractivity contribution < 1.29 is 14.2 Å². The average molecular weight is 199 g/mol. The molecule has 0 saturated heterocycles. The Kier molecular flexibility index (Phi) is 3.43. The van der Waals surface area contributed by atoms with Crippen molar-refractivity contribution in [3.63, 3.8) is 0 Å². The fourth-order valence-corrected chi connectivity index (χ4v) is 1.30. The molecule has 0 saturated carbocycles. The molecule has 14 heavy (non-hydrogen) atoms. The number of aryl methyl sites for hydroxylation is 1. The van der Waals surface area contributed by atoms with Gasteiger partial charge in [-0.1, -0.05) is 6.07 Å². The third kappa shape index (κ3) is 1.86. The Hall–Kier alpha value is -1.13. The zero-order valence-electron chi connectivity index (χ0n) is 8.25. The number of halogens is 1. The van der Waals surface area contributed by atoms with E-state index >= 15 is 0 Å². The number of aliphatic hydroxyl groups excluding tert-OH is 1. The van der Waals surface area contributed by atoms with Gasteiger partial charge in [-0.2, -0.15) is 0 Å². The monoisotopic (exact) mass is 199 g/mol. The van der Waals surface area contributed by atoms with E-state index in [1.165, 1.54) is 7.11 Å². The molecular weight excluding hydrogens is 185 g/mol. The molecular formula is C10H14FNO2. The first-order valence-electron chi connectivity index (χ1n) is 4.31. The maximum Gasteiger partial charge on any atom is 0.134 e. The van der Waals surface area contributed by atoms with E-state index in [0.29, 0.717) is 11.3 Å². The summed E-state index contributed by atoms with van der Waals surface area (Å²) in [5.74, 6) is -0.0412. The number of rotatable bonds is 3. The topological polar surface area (TPSA) is 55.5 Å². The lowest BCUT2D eigenvalue weighted by atomic mass is 10.0. The Bertz CT molecular complexity index is 328. The Balaban J connectivity index is 3.27. The smallest absolute Gasteiger partial charge is 0.134 e. The van der Waals surface area contributed by atoms with E-state index in [4.69, 9.17) is 15.6 Å². The van der Waals surface area contributed by atoms with E-state index in [1.54, 1.807) is 19.1 Å². The highest BCUT2D eigenvalue weighted by molar-refractivity contribution is 5.40. The molecule has 0 aliphatic heterocycles. The lowest BCUT2D eigenvalue weighted by Crippen LogP contribution is -2.17. The van der Waals surface area contributed by atoms with Crippen LogP contribution in [0.1, 0.15) is 17.2 Å². The first-order valence-corrected chi connectivity index (χ1v) is 4.31. The van der Waals surface area contributed by atoms with Gasteiger partial charge in [-0.3, -0.25) is 0 Å². The largest absolute Gasteiger partial charge is 0.496 e. The Morgan fingerprint density at radius 3 is 2.71 bits per heavy atom. The molecule has 0 radical (unpaired) electrons. The average Bonchev–Trinajstić information content (AvgIpc) is 2.20. The Morgan fingerprint density at radius 1 is 1.57 bits per heavy atom. The summed E-state index contributed by atoms with van der Waals surface area (Å²) in [6.07, 6.45) is 0. The molecule has 4 heteroatoms. The summed E-state index contributed by atoms with van der Waals surface area (Å²) in [6.45, 7) is 1.33. The molecule has 0 fully saturated rings. The van der Waals surface area contributed by atoms with E-state index < -0.39 is 11.9 Å². The standard InChI is InChI=1S/C10H14FNO2/c1-6-3-4-8(14-2)9(10(6)11)7(12)5-13/h3-4,7,13H,5,12H2,1-2H3. The third-order valence-corrected chi connectivity index (χ3v) is 2.12. The van der Waals surface area contributed by atoms with E-state index in [2.05, 4.69) is 0 Å². The van der Waals surface area contributed by atoms with Crippen molar-refractivity contribution in [1.29, 1.82) is 0 Å².